The lowest BCUT2D eigenvalue weighted by atomic mass is 10.0. The first kappa shape index (κ1) is 14.8. The minimum atomic E-state index is -0.306. The van der Waals surface area contributed by atoms with Gasteiger partial charge in [-0.2, -0.15) is 0 Å². The minimum absolute atomic E-state index is 0.306. The highest BCUT2D eigenvalue weighted by Crippen LogP contribution is 2.32. The minimum Gasteiger partial charge on any atom is -0.496 e. The van der Waals surface area contributed by atoms with Gasteiger partial charge in [0.15, 0.2) is 5.79 Å². The first-order chi connectivity index (χ1) is 10.2. The summed E-state index contributed by atoms with van der Waals surface area (Å²) in [6.07, 6.45) is 1.87. The lowest BCUT2D eigenvalue weighted by molar-refractivity contribution is -0.185. The van der Waals surface area contributed by atoms with E-state index in [4.69, 9.17) is 19.9 Å². The van der Waals surface area contributed by atoms with Crippen molar-refractivity contribution in [3.63, 3.8) is 0 Å². The molecular formula is C16H24N2O3. The second-order valence-electron chi connectivity index (χ2n) is 5.73. The number of ether oxygens (including phenoxy) is 3. The summed E-state index contributed by atoms with van der Waals surface area (Å²) >= 11 is 0. The van der Waals surface area contributed by atoms with Crippen LogP contribution < -0.4 is 10.5 Å². The summed E-state index contributed by atoms with van der Waals surface area (Å²) in [7, 11) is 1.71. The van der Waals surface area contributed by atoms with Crippen molar-refractivity contribution in [2.75, 3.05) is 33.4 Å². The average Bonchev–Trinajstić information content (AvgIpc) is 2.98. The number of likely N-dealkylation sites (tertiary alicyclic amines) is 1. The number of benzene rings is 1. The standard InChI is InChI=1S/C16H24N2O3/c1-19-15-3-2-13(11-17)10-14(15)12-18-6-4-16(5-7-18)20-8-9-21-16/h2-3,10H,4-9,11-12,17H2,1H3. The zero-order valence-corrected chi connectivity index (χ0v) is 12.6. The number of nitrogens with zero attached hydrogens (tertiary/aromatic N) is 1. The van der Waals surface area contributed by atoms with Crippen molar-refractivity contribution < 1.29 is 14.2 Å². The maximum Gasteiger partial charge on any atom is 0.170 e. The molecule has 1 aromatic carbocycles. The highest BCUT2D eigenvalue weighted by Gasteiger charge is 2.39. The largest absolute Gasteiger partial charge is 0.496 e. The van der Waals surface area contributed by atoms with E-state index < -0.39 is 0 Å². The maximum absolute atomic E-state index is 5.77. The van der Waals surface area contributed by atoms with Gasteiger partial charge in [0.2, 0.25) is 0 Å². The normalized spacial score (nSPS) is 21.8. The van der Waals surface area contributed by atoms with Crippen LogP contribution in [0.15, 0.2) is 18.2 Å². The molecule has 5 nitrogen and oxygen atoms in total. The van der Waals surface area contributed by atoms with Crippen molar-refractivity contribution in [2.24, 2.45) is 5.73 Å². The Kier molecular flexibility index (Phi) is 4.45. The van der Waals surface area contributed by atoms with Crippen LogP contribution in [0.1, 0.15) is 24.0 Å². The fraction of sp³-hybridized carbons (Fsp3) is 0.625. The SMILES string of the molecule is COc1ccc(CN)cc1CN1CCC2(CC1)OCCO2. The fourth-order valence-electron chi connectivity index (χ4n) is 3.16. The molecule has 2 fully saturated rings. The molecule has 2 heterocycles. The van der Waals surface area contributed by atoms with Crippen LogP contribution in [0.5, 0.6) is 5.75 Å². The van der Waals surface area contributed by atoms with Crippen LogP contribution in [0.3, 0.4) is 0 Å². The van der Waals surface area contributed by atoms with E-state index in [2.05, 4.69) is 11.0 Å². The molecule has 1 aromatic rings. The Morgan fingerprint density at radius 3 is 2.57 bits per heavy atom. The Morgan fingerprint density at radius 1 is 1.24 bits per heavy atom. The van der Waals surface area contributed by atoms with Crippen LogP contribution in [0, 0.1) is 0 Å². The van der Waals surface area contributed by atoms with E-state index in [9.17, 15) is 0 Å². The number of rotatable bonds is 4. The Bertz CT molecular complexity index is 476. The molecule has 5 heteroatoms. The van der Waals surface area contributed by atoms with Gasteiger partial charge < -0.3 is 19.9 Å². The Hall–Kier alpha value is -1.14. The molecule has 0 amide bonds. The van der Waals surface area contributed by atoms with Crippen molar-refractivity contribution >= 4 is 0 Å². The molecule has 0 aliphatic carbocycles. The summed E-state index contributed by atoms with van der Waals surface area (Å²) in [5.74, 6) is 0.625. The summed E-state index contributed by atoms with van der Waals surface area (Å²) in [6.45, 7) is 4.86. The summed E-state index contributed by atoms with van der Waals surface area (Å²) in [4.78, 5) is 2.43. The lowest BCUT2D eigenvalue weighted by Gasteiger charge is -2.37. The van der Waals surface area contributed by atoms with Gasteiger partial charge in [-0.25, -0.2) is 0 Å². The van der Waals surface area contributed by atoms with Gasteiger partial charge in [0, 0.05) is 44.6 Å². The molecule has 3 rings (SSSR count). The van der Waals surface area contributed by atoms with E-state index in [-0.39, 0.29) is 5.79 Å². The summed E-state index contributed by atoms with van der Waals surface area (Å²) in [6, 6.07) is 6.17. The molecule has 2 aliphatic rings. The molecule has 2 saturated heterocycles. The number of piperidine rings is 1. The van der Waals surface area contributed by atoms with E-state index in [0.29, 0.717) is 6.54 Å². The molecule has 0 saturated carbocycles. The number of methoxy groups -OCH3 is 1. The van der Waals surface area contributed by atoms with E-state index in [1.54, 1.807) is 7.11 Å². The molecule has 116 valence electrons. The highest BCUT2D eigenvalue weighted by atomic mass is 16.7. The third-order valence-corrected chi connectivity index (χ3v) is 4.41. The van der Waals surface area contributed by atoms with Crippen molar-refractivity contribution in [2.45, 2.75) is 31.7 Å². The Morgan fingerprint density at radius 2 is 1.95 bits per heavy atom. The second-order valence-corrected chi connectivity index (χ2v) is 5.73. The molecule has 1 spiro atoms. The molecule has 0 atom stereocenters. The van der Waals surface area contributed by atoms with E-state index in [1.165, 1.54) is 5.56 Å². The van der Waals surface area contributed by atoms with Crippen LogP contribution in [-0.2, 0) is 22.6 Å². The van der Waals surface area contributed by atoms with Gasteiger partial charge in [-0.3, -0.25) is 4.90 Å². The topological polar surface area (TPSA) is 57.0 Å². The van der Waals surface area contributed by atoms with Crippen LogP contribution in [-0.4, -0.2) is 44.1 Å². The van der Waals surface area contributed by atoms with Gasteiger partial charge in [-0.1, -0.05) is 6.07 Å². The van der Waals surface area contributed by atoms with Gasteiger partial charge in [0.1, 0.15) is 5.75 Å². The second kappa shape index (κ2) is 6.32. The van der Waals surface area contributed by atoms with E-state index in [1.807, 2.05) is 12.1 Å². The van der Waals surface area contributed by atoms with Gasteiger partial charge in [-0.15, -0.1) is 0 Å². The van der Waals surface area contributed by atoms with E-state index in [0.717, 1.165) is 57.0 Å². The van der Waals surface area contributed by atoms with Crippen molar-refractivity contribution in [3.05, 3.63) is 29.3 Å². The summed E-state index contributed by atoms with van der Waals surface area (Å²) in [5.41, 5.74) is 8.07. The molecule has 0 bridgehead atoms. The first-order valence-electron chi connectivity index (χ1n) is 7.61. The molecule has 0 aromatic heterocycles. The maximum atomic E-state index is 5.77. The smallest absolute Gasteiger partial charge is 0.170 e. The predicted octanol–water partition coefficient (Wildman–Crippen LogP) is 1.49. The number of hydrogen-bond donors (Lipinski definition) is 1. The molecular weight excluding hydrogens is 268 g/mol. The lowest BCUT2D eigenvalue weighted by Crippen LogP contribution is -2.44. The van der Waals surface area contributed by atoms with Gasteiger partial charge in [0.25, 0.3) is 0 Å². The third-order valence-electron chi connectivity index (χ3n) is 4.41. The number of hydrogen-bond acceptors (Lipinski definition) is 5. The van der Waals surface area contributed by atoms with Crippen molar-refractivity contribution in [1.82, 2.24) is 4.90 Å². The predicted molar refractivity (Wildman–Crippen MR) is 80.0 cm³/mol. The van der Waals surface area contributed by atoms with Crippen molar-refractivity contribution in [1.29, 1.82) is 0 Å². The molecule has 0 radical (unpaired) electrons. The first-order valence-corrected chi connectivity index (χ1v) is 7.61. The molecule has 21 heavy (non-hydrogen) atoms. The Balaban J connectivity index is 1.64. The highest BCUT2D eigenvalue weighted by molar-refractivity contribution is 5.37. The van der Waals surface area contributed by atoms with Crippen LogP contribution in [0.4, 0.5) is 0 Å². The Labute approximate surface area is 126 Å². The van der Waals surface area contributed by atoms with E-state index >= 15 is 0 Å². The molecule has 2 N–H and O–H groups in total. The van der Waals surface area contributed by atoms with Crippen molar-refractivity contribution in [3.8, 4) is 5.75 Å². The zero-order valence-electron chi connectivity index (χ0n) is 12.6. The van der Waals surface area contributed by atoms with Gasteiger partial charge >= 0.3 is 0 Å². The molecule has 0 unspecified atom stereocenters. The van der Waals surface area contributed by atoms with Gasteiger partial charge in [-0.05, 0) is 17.7 Å². The third kappa shape index (κ3) is 3.21. The fourth-order valence-corrected chi connectivity index (χ4v) is 3.16. The van der Waals surface area contributed by atoms with Crippen LogP contribution >= 0.6 is 0 Å². The number of nitrogens with two attached hydrogens (primary N) is 1. The summed E-state index contributed by atoms with van der Waals surface area (Å²) < 4.78 is 17.0. The average molecular weight is 292 g/mol. The zero-order chi connectivity index (χ0) is 14.7. The van der Waals surface area contributed by atoms with Crippen LogP contribution in [0.25, 0.3) is 0 Å². The monoisotopic (exact) mass is 292 g/mol. The summed E-state index contributed by atoms with van der Waals surface area (Å²) in [5, 5.41) is 0. The van der Waals surface area contributed by atoms with Gasteiger partial charge in [0.05, 0.1) is 20.3 Å². The molecule has 2 aliphatic heterocycles. The van der Waals surface area contributed by atoms with Crippen LogP contribution in [0.2, 0.25) is 0 Å². The quantitative estimate of drug-likeness (QED) is 0.911.